The third-order valence-corrected chi connectivity index (χ3v) is 4.20. The Morgan fingerprint density at radius 2 is 1.59 bits per heavy atom. The third-order valence-electron chi connectivity index (χ3n) is 4.20. The molecule has 0 atom stereocenters. The zero-order valence-electron chi connectivity index (χ0n) is 12.1. The minimum atomic E-state index is 0.653. The van der Waals surface area contributed by atoms with E-state index in [1.54, 1.807) is 27.8 Å². The number of hydrogen-bond acceptors (Lipinski definition) is 0. The predicted molar refractivity (Wildman–Crippen MR) is 76.0 cm³/mol. The molecule has 0 heterocycles. The summed E-state index contributed by atoms with van der Waals surface area (Å²) in [5.41, 5.74) is 8.14. The van der Waals surface area contributed by atoms with E-state index in [0.717, 1.165) is 0 Å². The van der Waals surface area contributed by atoms with Crippen LogP contribution in [0.25, 0.3) is 0 Å². The van der Waals surface area contributed by atoms with Gasteiger partial charge in [0.25, 0.3) is 0 Å². The van der Waals surface area contributed by atoms with E-state index in [0.29, 0.717) is 11.8 Å². The van der Waals surface area contributed by atoms with Gasteiger partial charge in [-0.15, -0.1) is 0 Å². The van der Waals surface area contributed by atoms with Crippen LogP contribution in [-0.2, 0) is 12.8 Å². The van der Waals surface area contributed by atoms with E-state index in [4.69, 9.17) is 0 Å². The molecule has 94 valence electrons. The first-order chi connectivity index (χ1) is 8.02. The third kappa shape index (κ3) is 2.27. The van der Waals surface area contributed by atoms with Crippen LogP contribution in [0.2, 0.25) is 0 Å². The quantitative estimate of drug-likeness (QED) is 0.661. The maximum absolute atomic E-state index is 2.50. The summed E-state index contributed by atoms with van der Waals surface area (Å²) < 4.78 is 0. The standard InChI is InChI=1S/C17H26/c1-11(2)16-10-14-8-6-7-9-15(14)17(12(3)4)13(16)5/h10-12H,6-9H2,1-5H3. The van der Waals surface area contributed by atoms with E-state index >= 15 is 0 Å². The van der Waals surface area contributed by atoms with Gasteiger partial charge in [0.05, 0.1) is 0 Å². The van der Waals surface area contributed by atoms with Gasteiger partial charge in [-0.3, -0.25) is 0 Å². The fourth-order valence-electron chi connectivity index (χ4n) is 3.45. The monoisotopic (exact) mass is 230 g/mol. The molecular weight excluding hydrogens is 204 g/mol. The Bertz CT molecular complexity index is 411. The zero-order chi connectivity index (χ0) is 12.6. The van der Waals surface area contributed by atoms with Crippen LogP contribution in [0.3, 0.4) is 0 Å². The summed E-state index contributed by atoms with van der Waals surface area (Å²) in [6.07, 6.45) is 5.37. The largest absolute Gasteiger partial charge is 0.0587 e. The summed E-state index contributed by atoms with van der Waals surface area (Å²) in [5.74, 6) is 1.32. The van der Waals surface area contributed by atoms with E-state index in [9.17, 15) is 0 Å². The fourth-order valence-corrected chi connectivity index (χ4v) is 3.45. The van der Waals surface area contributed by atoms with Crippen LogP contribution in [0.1, 0.15) is 80.2 Å². The summed E-state index contributed by atoms with van der Waals surface area (Å²) in [7, 11) is 0. The van der Waals surface area contributed by atoms with Crippen LogP contribution in [0, 0.1) is 6.92 Å². The van der Waals surface area contributed by atoms with Gasteiger partial charge in [-0.05, 0) is 72.3 Å². The molecule has 1 aliphatic carbocycles. The molecule has 17 heavy (non-hydrogen) atoms. The maximum atomic E-state index is 2.50. The fraction of sp³-hybridized carbons (Fsp3) is 0.647. The van der Waals surface area contributed by atoms with Gasteiger partial charge in [-0.1, -0.05) is 33.8 Å². The first-order valence-corrected chi connectivity index (χ1v) is 7.17. The normalized spacial score (nSPS) is 15.5. The van der Waals surface area contributed by atoms with E-state index < -0.39 is 0 Å². The van der Waals surface area contributed by atoms with Gasteiger partial charge in [-0.2, -0.15) is 0 Å². The molecule has 0 saturated carbocycles. The molecule has 0 amide bonds. The van der Waals surface area contributed by atoms with Gasteiger partial charge in [0.2, 0.25) is 0 Å². The van der Waals surface area contributed by atoms with Gasteiger partial charge in [0.1, 0.15) is 0 Å². The molecule has 0 saturated heterocycles. The average Bonchev–Trinajstić information content (AvgIpc) is 2.27. The smallest absolute Gasteiger partial charge is 0.0213 e. The molecule has 0 bridgehead atoms. The van der Waals surface area contributed by atoms with E-state index in [1.807, 2.05) is 0 Å². The molecule has 0 spiro atoms. The van der Waals surface area contributed by atoms with Gasteiger partial charge in [0.15, 0.2) is 0 Å². The van der Waals surface area contributed by atoms with Crippen molar-refractivity contribution >= 4 is 0 Å². The highest BCUT2D eigenvalue weighted by molar-refractivity contribution is 5.49. The molecule has 0 unspecified atom stereocenters. The average molecular weight is 230 g/mol. The Balaban J connectivity index is 2.64. The van der Waals surface area contributed by atoms with Crippen LogP contribution >= 0.6 is 0 Å². The summed E-state index contributed by atoms with van der Waals surface area (Å²) in [5, 5.41) is 0. The van der Waals surface area contributed by atoms with Crippen LogP contribution in [-0.4, -0.2) is 0 Å². The van der Waals surface area contributed by atoms with Gasteiger partial charge >= 0.3 is 0 Å². The Morgan fingerprint density at radius 3 is 2.18 bits per heavy atom. The molecular formula is C17H26. The molecule has 0 N–H and O–H groups in total. The Morgan fingerprint density at radius 1 is 0.941 bits per heavy atom. The van der Waals surface area contributed by atoms with Crippen molar-refractivity contribution in [2.75, 3.05) is 0 Å². The second kappa shape index (κ2) is 4.84. The van der Waals surface area contributed by atoms with Crippen molar-refractivity contribution in [3.63, 3.8) is 0 Å². The first-order valence-electron chi connectivity index (χ1n) is 7.17. The molecule has 1 aromatic carbocycles. The highest BCUT2D eigenvalue weighted by Crippen LogP contribution is 2.36. The second-order valence-electron chi connectivity index (χ2n) is 6.16. The minimum Gasteiger partial charge on any atom is -0.0587 e. The van der Waals surface area contributed by atoms with E-state index in [-0.39, 0.29) is 0 Å². The molecule has 1 aliphatic rings. The van der Waals surface area contributed by atoms with Crippen molar-refractivity contribution in [2.45, 2.75) is 72.1 Å². The van der Waals surface area contributed by atoms with E-state index in [1.165, 1.54) is 25.7 Å². The van der Waals surface area contributed by atoms with Crippen LogP contribution in [0.15, 0.2) is 6.07 Å². The molecule has 0 fully saturated rings. The zero-order valence-corrected chi connectivity index (χ0v) is 12.1. The second-order valence-corrected chi connectivity index (χ2v) is 6.16. The minimum absolute atomic E-state index is 0.653. The molecule has 0 radical (unpaired) electrons. The summed E-state index contributed by atoms with van der Waals surface area (Å²) in [4.78, 5) is 0. The number of fused-ring (bicyclic) bond motifs is 1. The first kappa shape index (κ1) is 12.7. The van der Waals surface area contributed by atoms with Gasteiger partial charge in [0, 0.05) is 0 Å². The van der Waals surface area contributed by atoms with Crippen molar-refractivity contribution in [3.05, 3.63) is 33.9 Å². The molecule has 0 aliphatic heterocycles. The van der Waals surface area contributed by atoms with Crippen LogP contribution in [0.5, 0.6) is 0 Å². The van der Waals surface area contributed by atoms with Gasteiger partial charge < -0.3 is 0 Å². The summed E-state index contributed by atoms with van der Waals surface area (Å²) >= 11 is 0. The van der Waals surface area contributed by atoms with Crippen molar-refractivity contribution in [1.29, 1.82) is 0 Å². The number of rotatable bonds is 2. The molecule has 2 rings (SSSR count). The number of benzene rings is 1. The van der Waals surface area contributed by atoms with Gasteiger partial charge in [-0.25, -0.2) is 0 Å². The summed E-state index contributed by atoms with van der Waals surface area (Å²) in [6.45, 7) is 11.7. The molecule has 0 nitrogen and oxygen atoms in total. The Hall–Kier alpha value is -0.780. The number of hydrogen-bond donors (Lipinski definition) is 0. The Labute approximate surface area is 106 Å². The lowest BCUT2D eigenvalue weighted by Gasteiger charge is -2.27. The lowest BCUT2D eigenvalue weighted by molar-refractivity contribution is 0.663. The molecule has 0 heteroatoms. The Kier molecular flexibility index (Phi) is 3.61. The predicted octanol–water partition coefficient (Wildman–Crippen LogP) is 5.12. The van der Waals surface area contributed by atoms with E-state index in [2.05, 4.69) is 40.7 Å². The van der Waals surface area contributed by atoms with Crippen LogP contribution in [0.4, 0.5) is 0 Å². The summed E-state index contributed by atoms with van der Waals surface area (Å²) in [6, 6.07) is 2.50. The number of aryl methyl sites for hydroxylation is 1. The lowest BCUT2D eigenvalue weighted by atomic mass is 9.78. The lowest BCUT2D eigenvalue weighted by Crippen LogP contribution is -2.12. The molecule has 1 aromatic rings. The maximum Gasteiger partial charge on any atom is -0.0213 e. The van der Waals surface area contributed by atoms with Crippen molar-refractivity contribution in [1.82, 2.24) is 0 Å². The van der Waals surface area contributed by atoms with Crippen LogP contribution < -0.4 is 0 Å². The highest BCUT2D eigenvalue weighted by Gasteiger charge is 2.20. The topological polar surface area (TPSA) is 0 Å². The van der Waals surface area contributed by atoms with Crippen molar-refractivity contribution in [3.8, 4) is 0 Å². The molecule has 0 aromatic heterocycles. The highest BCUT2D eigenvalue weighted by atomic mass is 14.3. The SMILES string of the molecule is Cc1c(C(C)C)cc2c(c1C(C)C)CCCC2. The van der Waals surface area contributed by atoms with Crippen molar-refractivity contribution < 1.29 is 0 Å². The van der Waals surface area contributed by atoms with Crippen molar-refractivity contribution in [2.24, 2.45) is 0 Å².